The lowest BCUT2D eigenvalue weighted by Crippen LogP contribution is -2.36. The van der Waals surface area contributed by atoms with E-state index in [0.717, 1.165) is 11.1 Å². The van der Waals surface area contributed by atoms with Gasteiger partial charge in [0.1, 0.15) is 0 Å². The lowest BCUT2D eigenvalue weighted by atomic mass is 10.1. The molecule has 1 N–H and O–H groups in total. The minimum absolute atomic E-state index is 0.00292. The van der Waals surface area contributed by atoms with Crippen molar-refractivity contribution in [1.29, 1.82) is 0 Å². The SMILES string of the molecule is CCN(CC)S(=O)(=O)c1ccc([C@@H](C)NCC(=O)N(C)Cc2ccc(C)cc2)cc1. The van der Waals surface area contributed by atoms with Gasteiger partial charge in [-0.15, -0.1) is 0 Å². The van der Waals surface area contributed by atoms with Crippen molar-refractivity contribution in [2.24, 2.45) is 0 Å². The molecule has 7 heteroatoms. The Morgan fingerprint density at radius 1 is 1.00 bits per heavy atom. The number of carbonyl (C=O) groups is 1. The lowest BCUT2D eigenvalue weighted by molar-refractivity contribution is -0.129. The van der Waals surface area contributed by atoms with Gasteiger partial charge in [-0.2, -0.15) is 4.31 Å². The van der Waals surface area contributed by atoms with E-state index in [4.69, 9.17) is 0 Å². The van der Waals surface area contributed by atoms with Crippen LogP contribution in [-0.4, -0.2) is 50.2 Å². The van der Waals surface area contributed by atoms with E-state index < -0.39 is 10.0 Å². The zero-order valence-corrected chi connectivity index (χ0v) is 19.4. The smallest absolute Gasteiger partial charge is 0.243 e. The number of likely N-dealkylation sites (N-methyl/N-ethyl adjacent to an activating group) is 1. The van der Waals surface area contributed by atoms with Crippen molar-refractivity contribution in [3.05, 3.63) is 65.2 Å². The first kappa shape index (κ1) is 24.1. The van der Waals surface area contributed by atoms with Crippen LogP contribution in [0.5, 0.6) is 0 Å². The predicted molar refractivity (Wildman–Crippen MR) is 121 cm³/mol. The van der Waals surface area contributed by atoms with Gasteiger partial charge in [-0.3, -0.25) is 4.79 Å². The lowest BCUT2D eigenvalue weighted by Gasteiger charge is -2.21. The molecule has 0 aromatic heterocycles. The molecule has 30 heavy (non-hydrogen) atoms. The van der Waals surface area contributed by atoms with E-state index in [1.165, 1.54) is 9.87 Å². The number of hydrogen-bond donors (Lipinski definition) is 1. The molecule has 0 radical (unpaired) electrons. The number of hydrogen-bond acceptors (Lipinski definition) is 4. The van der Waals surface area contributed by atoms with E-state index in [9.17, 15) is 13.2 Å². The topological polar surface area (TPSA) is 69.7 Å². The number of nitrogens with zero attached hydrogens (tertiary/aromatic N) is 2. The molecule has 0 unspecified atom stereocenters. The van der Waals surface area contributed by atoms with Crippen molar-refractivity contribution in [2.75, 3.05) is 26.7 Å². The Kier molecular flexibility index (Phi) is 8.58. The van der Waals surface area contributed by atoms with Gasteiger partial charge >= 0.3 is 0 Å². The third-order valence-electron chi connectivity index (χ3n) is 5.25. The first-order chi connectivity index (χ1) is 14.2. The molecule has 6 nitrogen and oxygen atoms in total. The molecule has 0 aliphatic carbocycles. The zero-order chi connectivity index (χ0) is 22.3. The molecule has 0 spiro atoms. The minimum atomic E-state index is -3.46. The number of nitrogens with one attached hydrogen (secondary N) is 1. The van der Waals surface area contributed by atoms with E-state index in [-0.39, 0.29) is 23.4 Å². The highest BCUT2D eigenvalue weighted by atomic mass is 32.2. The molecule has 0 aliphatic heterocycles. The van der Waals surface area contributed by atoms with Crippen LogP contribution in [0, 0.1) is 6.92 Å². The molecule has 0 aliphatic rings. The van der Waals surface area contributed by atoms with Crippen LogP contribution in [0.25, 0.3) is 0 Å². The molecule has 0 saturated heterocycles. The third-order valence-corrected chi connectivity index (χ3v) is 7.31. The maximum Gasteiger partial charge on any atom is 0.243 e. The van der Waals surface area contributed by atoms with Gasteiger partial charge < -0.3 is 10.2 Å². The summed E-state index contributed by atoms with van der Waals surface area (Å²) < 4.78 is 26.6. The summed E-state index contributed by atoms with van der Waals surface area (Å²) in [5.74, 6) is 0.00292. The Labute approximate surface area is 180 Å². The van der Waals surface area contributed by atoms with E-state index >= 15 is 0 Å². The van der Waals surface area contributed by atoms with Gasteiger partial charge in [-0.05, 0) is 37.1 Å². The molecule has 2 aromatic carbocycles. The third kappa shape index (κ3) is 6.14. The molecule has 2 aromatic rings. The van der Waals surface area contributed by atoms with Gasteiger partial charge in [0, 0.05) is 32.7 Å². The number of rotatable bonds is 10. The second-order valence-corrected chi connectivity index (χ2v) is 9.43. The summed E-state index contributed by atoms with van der Waals surface area (Å²) in [6.45, 7) is 9.31. The monoisotopic (exact) mass is 431 g/mol. The van der Waals surface area contributed by atoms with Gasteiger partial charge in [0.15, 0.2) is 0 Å². The first-order valence-electron chi connectivity index (χ1n) is 10.3. The van der Waals surface area contributed by atoms with Crippen LogP contribution in [-0.2, 0) is 21.4 Å². The maximum absolute atomic E-state index is 12.6. The Morgan fingerprint density at radius 3 is 2.10 bits per heavy atom. The first-order valence-corrected chi connectivity index (χ1v) is 11.8. The molecule has 1 amide bonds. The Hall–Kier alpha value is -2.22. The fourth-order valence-electron chi connectivity index (χ4n) is 3.19. The zero-order valence-electron chi connectivity index (χ0n) is 18.6. The molecule has 2 rings (SSSR count). The summed E-state index contributed by atoms with van der Waals surface area (Å²) >= 11 is 0. The molecule has 0 fully saturated rings. The summed E-state index contributed by atoms with van der Waals surface area (Å²) in [7, 11) is -1.67. The minimum Gasteiger partial charge on any atom is -0.340 e. The normalized spacial score (nSPS) is 12.7. The van der Waals surface area contributed by atoms with Crippen molar-refractivity contribution in [2.45, 2.75) is 45.2 Å². The predicted octanol–water partition coefficient (Wildman–Crippen LogP) is 3.33. The van der Waals surface area contributed by atoms with Crippen molar-refractivity contribution in [3.8, 4) is 0 Å². The fraction of sp³-hybridized carbons (Fsp3) is 0.435. The van der Waals surface area contributed by atoms with Crippen LogP contribution in [0.2, 0.25) is 0 Å². The number of carbonyl (C=O) groups excluding carboxylic acids is 1. The Bertz CT molecular complexity index is 921. The second kappa shape index (κ2) is 10.7. The van der Waals surface area contributed by atoms with Crippen molar-refractivity contribution in [3.63, 3.8) is 0 Å². The Balaban J connectivity index is 1.93. The second-order valence-electron chi connectivity index (χ2n) is 7.50. The van der Waals surface area contributed by atoms with E-state index in [1.807, 2.05) is 52.0 Å². The number of benzene rings is 2. The van der Waals surface area contributed by atoms with Crippen LogP contribution >= 0.6 is 0 Å². The highest BCUT2D eigenvalue weighted by Crippen LogP contribution is 2.19. The number of aryl methyl sites for hydroxylation is 1. The molecular weight excluding hydrogens is 398 g/mol. The van der Waals surface area contributed by atoms with Gasteiger partial charge in [-0.1, -0.05) is 55.8 Å². The summed E-state index contributed by atoms with van der Waals surface area (Å²) in [4.78, 5) is 14.4. The number of amides is 1. The summed E-state index contributed by atoms with van der Waals surface area (Å²) in [6.07, 6.45) is 0. The highest BCUT2D eigenvalue weighted by Gasteiger charge is 2.21. The van der Waals surface area contributed by atoms with Crippen LogP contribution in [0.4, 0.5) is 0 Å². The summed E-state index contributed by atoms with van der Waals surface area (Å²) in [5.41, 5.74) is 3.22. The van der Waals surface area contributed by atoms with Gasteiger partial charge in [0.05, 0.1) is 11.4 Å². The molecule has 1 atom stereocenters. The average molecular weight is 432 g/mol. The molecule has 164 valence electrons. The summed E-state index contributed by atoms with van der Waals surface area (Å²) in [5, 5.41) is 3.23. The average Bonchev–Trinajstić information content (AvgIpc) is 2.74. The summed E-state index contributed by atoms with van der Waals surface area (Å²) in [6, 6.07) is 14.9. The fourth-order valence-corrected chi connectivity index (χ4v) is 4.65. The van der Waals surface area contributed by atoms with Crippen LogP contribution < -0.4 is 5.32 Å². The largest absolute Gasteiger partial charge is 0.340 e. The van der Waals surface area contributed by atoms with Crippen LogP contribution in [0.1, 0.15) is 43.5 Å². The maximum atomic E-state index is 12.6. The standard InChI is InChI=1S/C23H33N3O3S/c1-6-26(7-2)30(28,29)22-14-12-21(13-15-22)19(4)24-16-23(27)25(5)17-20-10-8-18(3)9-11-20/h8-15,19,24H,6-7,16-17H2,1-5H3/t19-/m1/s1. The van der Waals surface area contributed by atoms with Crippen molar-refractivity contribution in [1.82, 2.24) is 14.5 Å². The van der Waals surface area contributed by atoms with Crippen LogP contribution in [0.15, 0.2) is 53.4 Å². The van der Waals surface area contributed by atoms with Crippen LogP contribution in [0.3, 0.4) is 0 Å². The molecule has 0 saturated carbocycles. The van der Waals surface area contributed by atoms with Crippen molar-refractivity contribution < 1.29 is 13.2 Å². The van der Waals surface area contributed by atoms with E-state index in [0.29, 0.717) is 19.6 Å². The molecule has 0 heterocycles. The number of sulfonamides is 1. The Morgan fingerprint density at radius 2 is 1.57 bits per heavy atom. The van der Waals surface area contributed by atoms with E-state index in [2.05, 4.69) is 5.32 Å². The van der Waals surface area contributed by atoms with Gasteiger partial charge in [0.25, 0.3) is 0 Å². The quantitative estimate of drug-likeness (QED) is 0.626. The molecule has 0 bridgehead atoms. The van der Waals surface area contributed by atoms with Gasteiger partial charge in [0.2, 0.25) is 15.9 Å². The van der Waals surface area contributed by atoms with Crippen molar-refractivity contribution >= 4 is 15.9 Å². The van der Waals surface area contributed by atoms with E-state index in [1.54, 1.807) is 36.2 Å². The molecular formula is C23H33N3O3S. The van der Waals surface area contributed by atoms with Gasteiger partial charge in [-0.25, -0.2) is 8.42 Å². The highest BCUT2D eigenvalue weighted by molar-refractivity contribution is 7.89.